The lowest BCUT2D eigenvalue weighted by Gasteiger charge is -2.11. The minimum Gasteiger partial charge on any atom is -0.399 e. The Hall–Kier alpha value is -2.29. The molecule has 0 fully saturated rings. The average Bonchev–Trinajstić information content (AvgIpc) is 2.77. The molecule has 0 spiro atoms. The summed E-state index contributed by atoms with van der Waals surface area (Å²) in [6, 6.07) is 14.4. The Balaban J connectivity index is 2.32. The molecule has 0 aliphatic carbocycles. The molecule has 3 aromatic rings. The summed E-state index contributed by atoms with van der Waals surface area (Å²) < 4.78 is 2.26. The maximum Gasteiger partial charge on any atom is 0.114 e. The van der Waals surface area contributed by atoms with E-state index in [1.54, 1.807) is 0 Å². The minimum atomic E-state index is 0.759. The average molecular weight is 265 g/mol. The molecule has 0 aliphatic heterocycles. The van der Waals surface area contributed by atoms with Crippen LogP contribution in [0.25, 0.3) is 16.7 Å². The molecule has 1 heterocycles. The predicted molar refractivity (Wildman–Crippen MR) is 84.2 cm³/mol. The third-order valence-corrected chi connectivity index (χ3v) is 3.58. The van der Waals surface area contributed by atoms with Gasteiger partial charge in [0.25, 0.3) is 0 Å². The van der Waals surface area contributed by atoms with Crippen LogP contribution in [0, 0.1) is 6.92 Å². The van der Waals surface area contributed by atoms with Crippen molar-refractivity contribution in [1.82, 2.24) is 9.55 Å². The van der Waals surface area contributed by atoms with Crippen LogP contribution in [0.15, 0.2) is 42.5 Å². The number of nitrogen functional groups attached to an aromatic ring is 1. The lowest BCUT2D eigenvalue weighted by atomic mass is 10.2. The zero-order chi connectivity index (χ0) is 14.1. The van der Waals surface area contributed by atoms with Crippen LogP contribution in [0.5, 0.6) is 0 Å². The lowest BCUT2D eigenvalue weighted by molar-refractivity contribution is 0.816. The zero-order valence-electron chi connectivity index (χ0n) is 11.9. The summed E-state index contributed by atoms with van der Waals surface area (Å²) in [6.07, 6.45) is 2.04. The third-order valence-electron chi connectivity index (χ3n) is 3.58. The highest BCUT2D eigenvalue weighted by Crippen LogP contribution is 2.25. The molecular formula is C17H19N3. The number of rotatable bonds is 3. The number of benzene rings is 2. The quantitative estimate of drug-likeness (QED) is 0.731. The summed E-state index contributed by atoms with van der Waals surface area (Å²) in [6.45, 7) is 4.31. The van der Waals surface area contributed by atoms with Gasteiger partial charge in [-0.15, -0.1) is 0 Å². The van der Waals surface area contributed by atoms with Gasteiger partial charge in [0.15, 0.2) is 0 Å². The van der Waals surface area contributed by atoms with Gasteiger partial charge in [0.05, 0.1) is 16.7 Å². The van der Waals surface area contributed by atoms with Crippen molar-refractivity contribution in [2.45, 2.75) is 26.7 Å². The van der Waals surface area contributed by atoms with E-state index in [0.717, 1.165) is 35.4 Å². The minimum absolute atomic E-state index is 0.759. The molecule has 3 heteroatoms. The number of nitrogens with zero attached hydrogens (tertiary/aromatic N) is 2. The standard InChI is InChI=1S/C17H19N3/c1-3-6-17-19-14-11-13(18)9-10-16(14)20(17)15-8-5-4-7-12(15)2/h4-5,7-11H,3,6,18H2,1-2H3. The summed E-state index contributed by atoms with van der Waals surface area (Å²) >= 11 is 0. The van der Waals surface area contributed by atoms with Crippen LogP contribution < -0.4 is 5.73 Å². The fraction of sp³-hybridized carbons (Fsp3) is 0.235. The highest BCUT2D eigenvalue weighted by molar-refractivity contribution is 5.81. The maximum absolute atomic E-state index is 5.88. The van der Waals surface area contributed by atoms with Crippen molar-refractivity contribution >= 4 is 16.7 Å². The van der Waals surface area contributed by atoms with Crippen LogP contribution in [0.4, 0.5) is 5.69 Å². The van der Waals surface area contributed by atoms with Gasteiger partial charge in [-0.25, -0.2) is 4.98 Å². The Bertz CT molecular complexity index is 756. The van der Waals surface area contributed by atoms with Crippen molar-refractivity contribution < 1.29 is 0 Å². The van der Waals surface area contributed by atoms with E-state index in [0.29, 0.717) is 0 Å². The fourth-order valence-electron chi connectivity index (χ4n) is 2.62. The van der Waals surface area contributed by atoms with E-state index in [2.05, 4.69) is 48.7 Å². The van der Waals surface area contributed by atoms with Crippen molar-refractivity contribution in [3.05, 3.63) is 53.9 Å². The molecule has 0 amide bonds. The van der Waals surface area contributed by atoms with E-state index >= 15 is 0 Å². The first kappa shape index (κ1) is 12.7. The van der Waals surface area contributed by atoms with Crippen LogP contribution in [0.3, 0.4) is 0 Å². The second-order valence-electron chi connectivity index (χ2n) is 5.15. The van der Waals surface area contributed by atoms with Crippen LogP contribution in [-0.2, 0) is 6.42 Å². The lowest BCUT2D eigenvalue weighted by Crippen LogP contribution is -2.02. The summed E-state index contributed by atoms with van der Waals surface area (Å²) in [4.78, 5) is 4.76. The van der Waals surface area contributed by atoms with E-state index in [-0.39, 0.29) is 0 Å². The molecule has 0 atom stereocenters. The number of fused-ring (bicyclic) bond motifs is 1. The third kappa shape index (κ3) is 2.05. The number of aryl methyl sites for hydroxylation is 2. The topological polar surface area (TPSA) is 43.8 Å². The van der Waals surface area contributed by atoms with Crippen molar-refractivity contribution in [3.8, 4) is 5.69 Å². The van der Waals surface area contributed by atoms with Crippen molar-refractivity contribution in [2.24, 2.45) is 0 Å². The molecule has 0 aliphatic rings. The summed E-state index contributed by atoms with van der Waals surface area (Å²) in [5, 5.41) is 0. The van der Waals surface area contributed by atoms with Gasteiger partial charge in [0.1, 0.15) is 5.82 Å². The van der Waals surface area contributed by atoms with E-state index in [9.17, 15) is 0 Å². The maximum atomic E-state index is 5.88. The van der Waals surface area contributed by atoms with Gasteiger partial charge in [-0.3, -0.25) is 4.57 Å². The summed E-state index contributed by atoms with van der Waals surface area (Å²) in [5.74, 6) is 1.10. The molecule has 1 aromatic heterocycles. The Morgan fingerprint density at radius 3 is 2.70 bits per heavy atom. The fourth-order valence-corrected chi connectivity index (χ4v) is 2.62. The first-order valence-electron chi connectivity index (χ1n) is 7.03. The van der Waals surface area contributed by atoms with Crippen LogP contribution >= 0.6 is 0 Å². The zero-order valence-corrected chi connectivity index (χ0v) is 11.9. The van der Waals surface area contributed by atoms with Crippen molar-refractivity contribution in [2.75, 3.05) is 5.73 Å². The molecule has 0 saturated heterocycles. The molecule has 3 rings (SSSR count). The molecule has 20 heavy (non-hydrogen) atoms. The van der Waals surface area contributed by atoms with Crippen LogP contribution in [-0.4, -0.2) is 9.55 Å². The molecule has 102 valence electrons. The Morgan fingerprint density at radius 2 is 1.95 bits per heavy atom. The number of nitrogens with two attached hydrogens (primary N) is 1. The SMILES string of the molecule is CCCc1nc2cc(N)ccc2n1-c1ccccc1C. The first-order chi connectivity index (χ1) is 9.70. The smallest absolute Gasteiger partial charge is 0.114 e. The second-order valence-corrected chi connectivity index (χ2v) is 5.15. The number of hydrogen-bond acceptors (Lipinski definition) is 2. The van der Waals surface area contributed by atoms with Gasteiger partial charge < -0.3 is 5.73 Å². The van der Waals surface area contributed by atoms with Crippen molar-refractivity contribution in [3.63, 3.8) is 0 Å². The van der Waals surface area contributed by atoms with Gasteiger partial charge in [0.2, 0.25) is 0 Å². The van der Waals surface area contributed by atoms with Crippen LogP contribution in [0.1, 0.15) is 24.7 Å². The number of hydrogen-bond donors (Lipinski definition) is 1. The number of para-hydroxylation sites is 1. The van der Waals surface area contributed by atoms with Gasteiger partial charge in [0, 0.05) is 12.1 Å². The molecule has 3 nitrogen and oxygen atoms in total. The molecule has 0 radical (unpaired) electrons. The molecule has 2 N–H and O–H groups in total. The highest BCUT2D eigenvalue weighted by Gasteiger charge is 2.13. The summed E-state index contributed by atoms with van der Waals surface area (Å²) in [5.41, 5.74) is 11.2. The monoisotopic (exact) mass is 265 g/mol. The normalized spacial score (nSPS) is 11.1. The molecule has 0 unspecified atom stereocenters. The molecule has 2 aromatic carbocycles. The number of aromatic nitrogens is 2. The van der Waals surface area contributed by atoms with Crippen LogP contribution in [0.2, 0.25) is 0 Å². The van der Waals surface area contributed by atoms with E-state index in [1.165, 1.54) is 11.3 Å². The highest BCUT2D eigenvalue weighted by atomic mass is 15.1. The van der Waals surface area contributed by atoms with Crippen molar-refractivity contribution in [1.29, 1.82) is 0 Å². The van der Waals surface area contributed by atoms with E-state index in [4.69, 9.17) is 10.7 Å². The van der Waals surface area contributed by atoms with Gasteiger partial charge in [-0.05, 0) is 43.2 Å². The van der Waals surface area contributed by atoms with Gasteiger partial charge >= 0.3 is 0 Å². The largest absolute Gasteiger partial charge is 0.399 e. The second kappa shape index (κ2) is 5.00. The van der Waals surface area contributed by atoms with Gasteiger partial charge in [-0.2, -0.15) is 0 Å². The predicted octanol–water partition coefficient (Wildman–Crippen LogP) is 3.87. The Morgan fingerprint density at radius 1 is 1.15 bits per heavy atom. The van der Waals surface area contributed by atoms with Gasteiger partial charge in [-0.1, -0.05) is 25.1 Å². The molecule has 0 saturated carbocycles. The van der Waals surface area contributed by atoms with E-state index in [1.807, 2.05) is 12.1 Å². The first-order valence-corrected chi connectivity index (χ1v) is 7.03. The Kier molecular flexibility index (Phi) is 3.18. The number of anilines is 1. The summed E-state index contributed by atoms with van der Waals surface area (Å²) in [7, 11) is 0. The molecule has 0 bridgehead atoms. The Labute approximate surface area is 119 Å². The molecular weight excluding hydrogens is 246 g/mol. The van der Waals surface area contributed by atoms with E-state index < -0.39 is 0 Å². The number of imidazole rings is 1.